The molecule has 92 valence electrons. The second-order valence-corrected chi connectivity index (χ2v) is 4.50. The summed E-state index contributed by atoms with van der Waals surface area (Å²) in [7, 11) is 0. The molecule has 1 aliphatic heterocycles. The van der Waals surface area contributed by atoms with Crippen molar-refractivity contribution in [1.29, 1.82) is 0 Å². The SMILES string of the molecule is O=C(CN1CCC(CO)C1)c1ccc(F)cc1. The molecule has 0 radical (unpaired) electrons. The van der Waals surface area contributed by atoms with E-state index in [2.05, 4.69) is 0 Å². The van der Waals surface area contributed by atoms with E-state index in [9.17, 15) is 9.18 Å². The van der Waals surface area contributed by atoms with E-state index in [1.165, 1.54) is 24.3 Å². The van der Waals surface area contributed by atoms with E-state index < -0.39 is 0 Å². The molecule has 0 amide bonds. The van der Waals surface area contributed by atoms with Crippen LogP contribution in [0.5, 0.6) is 0 Å². The molecule has 1 heterocycles. The van der Waals surface area contributed by atoms with Gasteiger partial charge in [0.2, 0.25) is 0 Å². The van der Waals surface area contributed by atoms with Crippen LogP contribution in [0.1, 0.15) is 16.8 Å². The van der Waals surface area contributed by atoms with Gasteiger partial charge in [0, 0.05) is 18.7 Å². The van der Waals surface area contributed by atoms with Gasteiger partial charge in [0.25, 0.3) is 0 Å². The smallest absolute Gasteiger partial charge is 0.176 e. The van der Waals surface area contributed by atoms with Crippen molar-refractivity contribution in [3.63, 3.8) is 0 Å². The molecule has 1 unspecified atom stereocenters. The van der Waals surface area contributed by atoms with E-state index in [0.717, 1.165) is 19.5 Å². The van der Waals surface area contributed by atoms with E-state index >= 15 is 0 Å². The molecule has 0 bridgehead atoms. The number of ketones is 1. The fraction of sp³-hybridized carbons (Fsp3) is 0.462. The number of hydrogen-bond acceptors (Lipinski definition) is 3. The molecule has 0 spiro atoms. The molecule has 0 aromatic heterocycles. The van der Waals surface area contributed by atoms with Crippen LogP contribution in [0.3, 0.4) is 0 Å². The summed E-state index contributed by atoms with van der Waals surface area (Å²) < 4.78 is 12.7. The van der Waals surface area contributed by atoms with E-state index in [1.807, 2.05) is 4.90 Å². The number of carbonyl (C=O) groups is 1. The number of halogens is 1. The summed E-state index contributed by atoms with van der Waals surface area (Å²) in [5.41, 5.74) is 0.541. The predicted octanol–water partition coefficient (Wildman–Crippen LogP) is 1.32. The third-order valence-electron chi connectivity index (χ3n) is 3.16. The fourth-order valence-electron chi connectivity index (χ4n) is 2.14. The summed E-state index contributed by atoms with van der Waals surface area (Å²) in [4.78, 5) is 13.9. The molecule has 1 aromatic rings. The highest BCUT2D eigenvalue weighted by Gasteiger charge is 2.23. The molecule has 1 aliphatic rings. The van der Waals surface area contributed by atoms with E-state index in [0.29, 0.717) is 12.1 Å². The van der Waals surface area contributed by atoms with Gasteiger partial charge in [-0.3, -0.25) is 9.69 Å². The molecule has 1 N–H and O–H groups in total. The van der Waals surface area contributed by atoms with Crippen LogP contribution in [-0.2, 0) is 0 Å². The molecule has 2 rings (SSSR count). The normalized spacial score (nSPS) is 20.7. The number of aliphatic hydroxyl groups excluding tert-OH is 1. The zero-order chi connectivity index (χ0) is 12.3. The van der Waals surface area contributed by atoms with E-state index in [4.69, 9.17) is 5.11 Å². The lowest BCUT2D eigenvalue weighted by molar-refractivity contribution is 0.0940. The van der Waals surface area contributed by atoms with Crippen molar-refractivity contribution in [3.05, 3.63) is 35.6 Å². The number of Topliss-reactive ketones (excluding diaryl/α,β-unsaturated/α-hetero) is 1. The first-order chi connectivity index (χ1) is 8.19. The van der Waals surface area contributed by atoms with Crippen LogP contribution in [-0.4, -0.2) is 42.0 Å². The van der Waals surface area contributed by atoms with Gasteiger partial charge in [-0.05, 0) is 43.1 Å². The van der Waals surface area contributed by atoms with Gasteiger partial charge in [0.05, 0.1) is 6.54 Å². The topological polar surface area (TPSA) is 40.5 Å². The van der Waals surface area contributed by atoms with Gasteiger partial charge in [-0.1, -0.05) is 0 Å². The minimum absolute atomic E-state index is 0.00332. The molecule has 1 aromatic carbocycles. The van der Waals surface area contributed by atoms with Crippen LogP contribution < -0.4 is 0 Å². The molecule has 0 aliphatic carbocycles. The molecule has 4 heteroatoms. The Labute approximate surface area is 99.9 Å². The van der Waals surface area contributed by atoms with Crippen LogP contribution >= 0.6 is 0 Å². The van der Waals surface area contributed by atoms with E-state index in [-0.39, 0.29) is 24.1 Å². The van der Waals surface area contributed by atoms with Crippen molar-refractivity contribution in [3.8, 4) is 0 Å². The van der Waals surface area contributed by atoms with Crippen LogP contribution in [0.25, 0.3) is 0 Å². The molecular formula is C13H16FNO2. The highest BCUT2D eigenvalue weighted by atomic mass is 19.1. The first-order valence-electron chi connectivity index (χ1n) is 5.81. The number of nitrogens with zero attached hydrogens (tertiary/aromatic N) is 1. The van der Waals surface area contributed by atoms with Crippen molar-refractivity contribution in [1.82, 2.24) is 4.90 Å². The Morgan fingerprint density at radius 1 is 1.41 bits per heavy atom. The Morgan fingerprint density at radius 3 is 2.71 bits per heavy atom. The summed E-state index contributed by atoms with van der Waals surface area (Å²) >= 11 is 0. The Bertz CT molecular complexity index is 391. The van der Waals surface area contributed by atoms with Crippen molar-refractivity contribution in [2.75, 3.05) is 26.2 Å². The van der Waals surface area contributed by atoms with E-state index in [1.54, 1.807) is 0 Å². The lowest BCUT2D eigenvalue weighted by Crippen LogP contribution is -2.28. The third kappa shape index (κ3) is 3.11. The number of rotatable bonds is 4. The van der Waals surface area contributed by atoms with Gasteiger partial charge < -0.3 is 5.11 Å². The zero-order valence-electron chi connectivity index (χ0n) is 9.60. The van der Waals surface area contributed by atoms with Gasteiger partial charge in [-0.2, -0.15) is 0 Å². The highest BCUT2D eigenvalue weighted by Crippen LogP contribution is 2.15. The molecule has 17 heavy (non-hydrogen) atoms. The molecule has 1 saturated heterocycles. The number of hydrogen-bond donors (Lipinski definition) is 1. The van der Waals surface area contributed by atoms with Crippen LogP contribution in [0, 0.1) is 11.7 Å². The van der Waals surface area contributed by atoms with Crippen LogP contribution in [0.2, 0.25) is 0 Å². The maximum absolute atomic E-state index is 12.7. The maximum atomic E-state index is 12.7. The van der Waals surface area contributed by atoms with Gasteiger partial charge in [0.15, 0.2) is 5.78 Å². The summed E-state index contributed by atoms with van der Waals surface area (Å²) in [5, 5.41) is 9.01. The van der Waals surface area contributed by atoms with Crippen LogP contribution in [0.4, 0.5) is 4.39 Å². The minimum atomic E-state index is -0.330. The number of benzene rings is 1. The van der Waals surface area contributed by atoms with Crippen molar-refractivity contribution < 1.29 is 14.3 Å². The Hall–Kier alpha value is -1.26. The van der Waals surface area contributed by atoms with Crippen molar-refractivity contribution in [2.45, 2.75) is 6.42 Å². The predicted molar refractivity (Wildman–Crippen MR) is 62.4 cm³/mol. The second kappa shape index (κ2) is 5.38. The fourth-order valence-corrected chi connectivity index (χ4v) is 2.14. The zero-order valence-corrected chi connectivity index (χ0v) is 9.60. The molecular weight excluding hydrogens is 221 g/mol. The average molecular weight is 237 g/mol. The molecule has 1 fully saturated rings. The summed E-state index contributed by atoms with van der Waals surface area (Å²) in [6, 6.07) is 5.62. The average Bonchev–Trinajstić information content (AvgIpc) is 2.77. The van der Waals surface area contributed by atoms with Gasteiger partial charge in [0.1, 0.15) is 5.82 Å². The summed E-state index contributed by atoms with van der Waals surface area (Å²) in [5.74, 6) is -0.0392. The Morgan fingerprint density at radius 2 is 2.12 bits per heavy atom. The first-order valence-corrected chi connectivity index (χ1v) is 5.81. The largest absolute Gasteiger partial charge is 0.396 e. The number of aliphatic hydroxyl groups is 1. The summed E-state index contributed by atoms with van der Waals surface area (Å²) in [6.45, 7) is 2.14. The Balaban J connectivity index is 1.91. The standard InChI is InChI=1S/C13H16FNO2/c14-12-3-1-11(2-4-12)13(17)8-15-6-5-10(7-15)9-16/h1-4,10,16H,5-9H2. The minimum Gasteiger partial charge on any atom is -0.396 e. The monoisotopic (exact) mass is 237 g/mol. The number of carbonyl (C=O) groups excluding carboxylic acids is 1. The van der Waals surface area contributed by atoms with Crippen LogP contribution in [0.15, 0.2) is 24.3 Å². The second-order valence-electron chi connectivity index (χ2n) is 4.50. The maximum Gasteiger partial charge on any atom is 0.176 e. The highest BCUT2D eigenvalue weighted by molar-refractivity contribution is 5.97. The quantitative estimate of drug-likeness (QED) is 0.803. The van der Waals surface area contributed by atoms with Crippen molar-refractivity contribution >= 4 is 5.78 Å². The molecule has 0 saturated carbocycles. The summed E-state index contributed by atoms with van der Waals surface area (Å²) in [6.07, 6.45) is 0.938. The van der Waals surface area contributed by atoms with Crippen molar-refractivity contribution in [2.24, 2.45) is 5.92 Å². The lowest BCUT2D eigenvalue weighted by Gasteiger charge is -2.14. The van der Waals surface area contributed by atoms with Gasteiger partial charge >= 0.3 is 0 Å². The van der Waals surface area contributed by atoms with Gasteiger partial charge in [-0.25, -0.2) is 4.39 Å². The number of likely N-dealkylation sites (tertiary alicyclic amines) is 1. The molecule has 3 nitrogen and oxygen atoms in total. The lowest BCUT2D eigenvalue weighted by atomic mass is 10.1. The first kappa shape index (κ1) is 12.2. The third-order valence-corrected chi connectivity index (χ3v) is 3.16. The Kier molecular flexibility index (Phi) is 3.86. The van der Waals surface area contributed by atoms with Gasteiger partial charge in [-0.15, -0.1) is 0 Å². The molecule has 1 atom stereocenters.